The van der Waals surface area contributed by atoms with Crippen LogP contribution in [0.3, 0.4) is 0 Å². The molecule has 2 aromatic carbocycles. The molecule has 0 aliphatic heterocycles. The van der Waals surface area contributed by atoms with Crippen molar-refractivity contribution in [3.63, 3.8) is 0 Å². The van der Waals surface area contributed by atoms with E-state index in [2.05, 4.69) is 10.3 Å². The molecule has 1 aromatic heterocycles. The summed E-state index contributed by atoms with van der Waals surface area (Å²) in [7, 11) is 1.33. The molecule has 26 heavy (non-hydrogen) atoms. The number of anilines is 2. The summed E-state index contributed by atoms with van der Waals surface area (Å²) in [5.41, 5.74) is 3.97. The molecule has 0 spiro atoms. The second kappa shape index (κ2) is 7.23. The van der Waals surface area contributed by atoms with Gasteiger partial charge in [-0.05, 0) is 37.3 Å². The van der Waals surface area contributed by atoms with Crippen molar-refractivity contribution in [3.8, 4) is 0 Å². The molecule has 0 saturated heterocycles. The van der Waals surface area contributed by atoms with Crippen molar-refractivity contribution in [2.75, 3.05) is 12.4 Å². The van der Waals surface area contributed by atoms with E-state index in [0.717, 1.165) is 16.6 Å². The van der Waals surface area contributed by atoms with Gasteiger partial charge in [0.1, 0.15) is 0 Å². The molecule has 0 radical (unpaired) electrons. The van der Waals surface area contributed by atoms with Crippen molar-refractivity contribution in [2.45, 2.75) is 13.3 Å². The average Bonchev–Trinajstić information content (AvgIpc) is 2.64. The standard InChI is InChI=1S/C20H18N2O4/c1-12-16(11-18(23)24)19(15-5-3-4-6-17(15)21-12)22-14-9-7-13(8-10-14)20(25)26-2/h3-10H,11H2,1-2H3,(H,21,22)(H,23,24). The Bertz CT molecular complexity index is 981. The number of hydrogen-bond acceptors (Lipinski definition) is 5. The first kappa shape index (κ1) is 17.4. The van der Waals surface area contributed by atoms with Crippen molar-refractivity contribution in [1.29, 1.82) is 0 Å². The zero-order valence-electron chi connectivity index (χ0n) is 14.4. The van der Waals surface area contributed by atoms with Crippen LogP contribution in [0.2, 0.25) is 0 Å². The fourth-order valence-electron chi connectivity index (χ4n) is 2.84. The average molecular weight is 350 g/mol. The van der Waals surface area contributed by atoms with E-state index in [1.165, 1.54) is 7.11 Å². The number of ether oxygens (including phenoxy) is 1. The Labute approximate surface area is 150 Å². The smallest absolute Gasteiger partial charge is 0.337 e. The first-order chi connectivity index (χ1) is 12.5. The minimum absolute atomic E-state index is 0.133. The van der Waals surface area contributed by atoms with Gasteiger partial charge in [0.2, 0.25) is 0 Å². The summed E-state index contributed by atoms with van der Waals surface area (Å²) in [6.07, 6.45) is -0.133. The van der Waals surface area contributed by atoms with E-state index in [-0.39, 0.29) is 6.42 Å². The number of benzene rings is 2. The number of carboxylic acid groups (broad SMARTS) is 1. The minimum Gasteiger partial charge on any atom is -0.481 e. The quantitative estimate of drug-likeness (QED) is 0.682. The van der Waals surface area contributed by atoms with Crippen LogP contribution in [0.15, 0.2) is 48.5 Å². The van der Waals surface area contributed by atoms with Gasteiger partial charge in [0.25, 0.3) is 0 Å². The van der Waals surface area contributed by atoms with Crippen LogP contribution in [0.4, 0.5) is 11.4 Å². The molecule has 1 heterocycles. The largest absolute Gasteiger partial charge is 0.481 e. The molecular weight excluding hydrogens is 332 g/mol. The third kappa shape index (κ3) is 3.49. The molecule has 6 heteroatoms. The highest BCUT2D eigenvalue weighted by atomic mass is 16.5. The molecule has 0 bridgehead atoms. The van der Waals surface area contributed by atoms with E-state index in [4.69, 9.17) is 4.74 Å². The van der Waals surface area contributed by atoms with Gasteiger partial charge in [-0.3, -0.25) is 9.78 Å². The topological polar surface area (TPSA) is 88.5 Å². The lowest BCUT2D eigenvalue weighted by Crippen LogP contribution is -2.08. The summed E-state index contributed by atoms with van der Waals surface area (Å²) in [6, 6.07) is 14.4. The summed E-state index contributed by atoms with van der Waals surface area (Å²) in [5, 5.41) is 13.4. The van der Waals surface area contributed by atoms with Crippen LogP contribution in [0, 0.1) is 6.92 Å². The fourth-order valence-corrected chi connectivity index (χ4v) is 2.84. The monoisotopic (exact) mass is 350 g/mol. The highest BCUT2D eigenvalue weighted by molar-refractivity contribution is 5.97. The molecule has 3 aromatic rings. The number of hydrogen-bond donors (Lipinski definition) is 2. The van der Waals surface area contributed by atoms with Crippen molar-refractivity contribution >= 4 is 34.2 Å². The molecule has 132 valence electrons. The maximum atomic E-state index is 11.6. The number of carbonyl (C=O) groups excluding carboxylic acids is 1. The number of esters is 1. The van der Waals surface area contributed by atoms with Crippen LogP contribution in [0.25, 0.3) is 10.9 Å². The molecule has 0 saturated carbocycles. The van der Waals surface area contributed by atoms with Gasteiger partial charge >= 0.3 is 11.9 Å². The predicted molar refractivity (Wildman–Crippen MR) is 98.9 cm³/mol. The lowest BCUT2D eigenvalue weighted by molar-refractivity contribution is -0.136. The van der Waals surface area contributed by atoms with E-state index in [0.29, 0.717) is 22.5 Å². The summed E-state index contributed by atoms with van der Waals surface area (Å²) in [6.45, 7) is 1.80. The maximum absolute atomic E-state index is 11.6. The second-order valence-electron chi connectivity index (χ2n) is 5.83. The molecule has 6 nitrogen and oxygen atoms in total. The van der Waals surface area contributed by atoms with Gasteiger partial charge in [0, 0.05) is 22.3 Å². The van der Waals surface area contributed by atoms with Gasteiger partial charge in [-0.25, -0.2) is 4.79 Å². The molecule has 0 aliphatic rings. The van der Waals surface area contributed by atoms with Crippen LogP contribution in [-0.2, 0) is 16.0 Å². The van der Waals surface area contributed by atoms with Crippen LogP contribution in [0.1, 0.15) is 21.6 Å². The van der Waals surface area contributed by atoms with Crippen LogP contribution in [0.5, 0.6) is 0 Å². The number of para-hydroxylation sites is 1. The number of carboxylic acids is 1. The number of aryl methyl sites for hydroxylation is 1. The maximum Gasteiger partial charge on any atom is 0.337 e. The number of nitrogens with zero attached hydrogens (tertiary/aromatic N) is 1. The number of carbonyl (C=O) groups is 2. The molecule has 0 atom stereocenters. The summed E-state index contributed by atoms with van der Waals surface area (Å²) < 4.78 is 4.70. The highest BCUT2D eigenvalue weighted by Gasteiger charge is 2.16. The van der Waals surface area contributed by atoms with Crippen molar-refractivity contribution in [3.05, 3.63) is 65.4 Å². The van der Waals surface area contributed by atoms with E-state index in [9.17, 15) is 14.7 Å². The second-order valence-corrected chi connectivity index (χ2v) is 5.83. The summed E-state index contributed by atoms with van der Waals surface area (Å²) >= 11 is 0. The van der Waals surface area contributed by atoms with Crippen LogP contribution < -0.4 is 5.32 Å². The molecule has 2 N–H and O–H groups in total. The zero-order chi connectivity index (χ0) is 18.7. The van der Waals surface area contributed by atoms with Gasteiger partial charge in [0.15, 0.2) is 0 Å². The number of aromatic nitrogens is 1. The van der Waals surface area contributed by atoms with Crippen LogP contribution >= 0.6 is 0 Å². The van der Waals surface area contributed by atoms with E-state index < -0.39 is 11.9 Å². The molecule has 3 rings (SSSR count). The van der Waals surface area contributed by atoms with E-state index in [1.807, 2.05) is 24.3 Å². The normalized spacial score (nSPS) is 10.5. The Hall–Kier alpha value is -3.41. The molecule has 0 aliphatic carbocycles. The number of methoxy groups -OCH3 is 1. The number of pyridine rings is 1. The number of aliphatic carboxylic acids is 1. The molecule has 0 unspecified atom stereocenters. The predicted octanol–water partition coefficient (Wildman–Crippen LogP) is 3.70. The van der Waals surface area contributed by atoms with Gasteiger partial charge in [-0.1, -0.05) is 18.2 Å². The van der Waals surface area contributed by atoms with Crippen molar-refractivity contribution in [2.24, 2.45) is 0 Å². The Morgan fingerprint density at radius 1 is 1.12 bits per heavy atom. The fraction of sp³-hybridized carbons (Fsp3) is 0.150. The Morgan fingerprint density at radius 3 is 2.46 bits per heavy atom. The van der Waals surface area contributed by atoms with Gasteiger partial charge in [-0.2, -0.15) is 0 Å². The third-order valence-corrected chi connectivity index (χ3v) is 4.10. The number of nitrogens with one attached hydrogen (secondary N) is 1. The lowest BCUT2D eigenvalue weighted by atomic mass is 10.0. The first-order valence-corrected chi connectivity index (χ1v) is 8.05. The van der Waals surface area contributed by atoms with Gasteiger partial charge in [-0.15, -0.1) is 0 Å². The first-order valence-electron chi connectivity index (χ1n) is 8.05. The summed E-state index contributed by atoms with van der Waals surface area (Å²) in [5.74, 6) is -1.33. The Morgan fingerprint density at radius 2 is 1.81 bits per heavy atom. The van der Waals surface area contributed by atoms with E-state index in [1.54, 1.807) is 31.2 Å². The van der Waals surface area contributed by atoms with Crippen molar-refractivity contribution in [1.82, 2.24) is 4.98 Å². The SMILES string of the molecule is COC(=O)c1ccc(Nc2c(CC(=O)O)c(C)nc3ccccc23)cc1. The van der Waals surface area contributed by atoms with Crippen molar-refractivity contribution < 1.29 is 19.4 Å². The third-order valence-electron chi connectivity index (χ3n) is 4.10. The van der Waals surface area contributed by atoms with Gasteiger partial charge in [0.05, 0.1) is 30.3 Å². The number of fused-ring (bicyclic) bond motifs is 1. The number of rotatable bonds is 5. The molecule has 0 fully saturated rings. The molecule has 0 amide bonds. The highest BCUT2D eigenvalue weighted by Crippen LogP contribution is 2.31. The Balaban J connectivity index is 2.07. The zero-order valence-corrected chi connectivity index (χ0v) is 14.4. The molecular formula is C20H18N2O4. The van der Waals surface area contributed by atoms with Crippen LogP contribution in [-0.4, -0.2) is 29.1 Å². The van der Waals surface area contributed by atoms with Gasteiger partial charge < -0.3 is 15.2 Å². The summed E-state index contributed by atoms with van der Waals surface area (Å²) in [4.78, 5) is 27.4. The minimum atomic E-state index is -0.922. The lowest BCUT2D eigenvalue weighted by Gasteiger charge is -2.16. The van der Waals surface area contributed by atoms with E-state index >= 15 is 0 Å². The Kier molecular flexibility index (Phi) is 4.84.